The number of hydrogen-bond donors (Lipinski definition) is 2. The van der Waals surface area contributed by atoms with E-state index in [1.165, 1.54) is 6.33 Å². The number of nitrogens with zero attached hydrogens (tertiary/aromatic N) is 2. The van der Waals surface area contributed by atoms with E-state index in [1.807, 2.05) is 50.4 Å². The van der Waals surface area contributed by atoms with Gasteiger partial charge in [0, 0.05) is 6.20 Å². The number of nitrogens with one attached hydrogen (secondary N) is 2. The Morgan fingerprint density at radius 3 is 2.58 bits per heavy atom. The number of hydrogen-bond acceptors (Lipinski definition) is 7. The third-order valence-electron chi connectivity index (χ3n) is 4.73. The Bertz CT molecular complexity index is 970. The molecule has 0 fully saturated rings. The first kappa shape index (κ1) is 23.4. The molecule has 0 radical (unpaired) electrons. The van der Waals surface area contributed by atoms with E-state index in [9.17, 15) is 4.57 Å². The second kappa shape index (κ2) is 12.0. The molecule has 0 amide bonds. The lowest BCUT2D eigenvalue weighted by Gasteiger charge is -2.16. The van der Waals surface area contributed by atoms with Gasteiger partial charge in [-0.15, -0.1) is 0 Å². The van der Waals surface area contributed by atoms with Gasteiger partial charge < -0.3 is 24.1 Å². The van der Waals surface area contributed by atoms with E-state index in [4.69, 9.17) is 13.8 Å². The predicted octanol–water partition coefficient (Wildman–Crippen LogP) is 4.33. The molecule has 8 nitrogen and oxygen atoms in total. The minimum absolute atomic E-state index is 0.393. The van der Waals surface area contributed by atoms with E-state index >= 15 is 0 Å². The molecule has 0 aliphatic heterocycles. The standard InChI is InChI=1S/C22H31N4O4P/c1-3-29-31(27,30-4-2)14-8-12-23-13-11-19-15-24-21-20(19)25-17-26-22(21)28-16-18-9-6-5-7-10-18/h5-7,9-10,15,17,23-24H,3-4,8,11-14,16H2,1-2H3. The van der Waals surface area contributed by atoms with Gasteiger partial charge in [-0.1, -0.05) is 30.3 Å². The fourth-order valence-corrected chi connectivity index (χ4v) is 4.97. The lowest BCUT2D eigenvalue weighted by molar-refractivity contribution is 0.219. The van der Waals surface area contributed by atoms with Crippen molar-refractivity contribution in [1.29, 1.82) is 0 Å². The maximum Gasteiger partial charge on any atom is 0.330 e. The topological polar surface area (TPSA) is 98.4 Å². The van der Waals surface area contributed by atoms with E-state index < -0.39 is 7.60 Å². The van der Waals surface area contributed by atoms with Crippen molar-refractivity contribution in [1.82, 2.24) is 20.3 Å². The first-order valence-corrected chi connectivity index (χ1v) is 12.4. The molecule has 2 aromatic heterocycles. The van der Waals surface area contributed by atoms with Crippen LogP contribution in [-0.4, -0.2) is 47.4 Å². The highest BCUT2D eigenvalue weighted by molar-refractivity contribution is 7.53. The molecule has 9 heteroatoms. The smallest absolute Gasteiger partial charge is 0.330 e. The first-order chi connectivity index (χ1) is 15.1. The lowest BCUT2D eigenvalue weighted by Crippen LogP contribution is -2.19. The molecule has 31 heavy (non-hydrogen) atoms. The molecule has 3 rings (SSSR count). The Hall–Kier alpha value is -2.25. The molecule has 3 aromatic rings. The lowest BCUT2D eigenvalue weighted by atomic mass is 10.2. The molecular weight excluding hydrogens is 415 g/mol. The minimum atomic E-state index is -2.96. The largest absolute Gasteiger partial charge is 0.471 e. The second-order valence-corrected chi connectivity index (χ2v) is 9.20. The Labute approximate surface area is 183 Å². The molecule has 0 atom stereocenters. The van der Waals surface area contributed by atoms with Crippen LogP contribution in [0.5, 0.6) is 5.88 Å². The molecule has 0 aliphatic carbocycles. The SMILES string of the molecule is CCOP(=O)(CCCNCCc1c[nH]c2c(OCc3ccccc3)ncnc12)OCC. The Morgan fingerprint density at radius 2 is 1.84 bits per heavy atom. The zero-order valence-electron chi connectivity index (χ0n) is 18.2. The Morgan fingerprint density at radius 1 is 1.06 bits per heavy atom. The van der Waals surface area contributed by atoms with Gasteiger partial charge in [0.25, 0.3) is 0 Å². The minimum Gasteiger partial charge on any atom is -0.471 e. The van der Waals surface area contributed by atoms with Crippen molar-refractivity contribution < 1.29 is 18.3 Å². The quantitative estimate of drug-likeness (QED) is 0.281. The van der Waals surface area contributed by atoms with Crippen LogP contribution in [-0.2, 0) is 26.6 Å². The van der Waals surface area contributed by atoms with Gasteiger partial charge in [-0.3, -0.25) is 4.57 Å². The van der Waals surface area contributed by atoms with Crippen molar-refractivity contribution in [2.24, 2.45) is 0 Å². The predicted molar refractivity (Wildman–Crippen MR) is 122 cm³/mol. The van der Waals surface area contributed by atoms with Crippen LogP contribution in [0.25, 0.3) is 11.0 Å². The van der Waals surface area contributed by atoms with Crippen molar-refractivity contribution in [3.05, 3.63) is 54.0 Å². The van der Waals surface area contributed by atoms with Gasteiger partial charge in [0.2, 0.25) is 5.88 Å². The van der Waals surface area contributed by atoms with E-state index in [-0.39, 0.29) is 0 Å². The molecule has 0 aliphatic rings. The van der Waals surface area contributed by atoms with Crippen LogP contribution in [0, 0.1) is 0 Å². The number of aromatic nitrogens is 3. The van der Waals surface area contributed by atoms with Crippen molar-refractivity contribution in [3.63, 3.8) is 0 Å². The molecule has 2 N–H and O–H groups in total. The number of benzene rings is 1. The van der Waals surface area contributed by atoms with Crippen molar-refractivity contribution in [3.8, 4) is 5.88 Å². The van der Waals surface area contributed by atoms with Gasteiger partial charge in [0.15, 0.2) is 0 Å². The second-order valence-electron chi connectivity index (χ2n) is 7.01. The summed E-state index contributed by atoms with van der Waals surface area (Å²) in [6.45, 7) is 6.42. The average Bonchev–Trinajstić information content (AvgIpc) is 3.19. The summed E-state index contributed by atoms with van der Waals surface area (Å²) in [7, 11) is -2.96. The van der Waals surface area contributed by atoms with E-state index in [0.717, 1.165) is 48.1 Å². The van der Waals surface area contributed by atoms with Crippen LogP contribution in [0.3, 0.4) is 0 Å². The molecular formula is C22H31N4O4P. The van der Waals surface area contributed by atoms with Crippen LogP contribution in [0.15, 0.2) is 42.9 Å². The summed E-state index contributed by atoms with van der Waals surface area (Å²) in [5.74, 6) is 0.552. The normalized spacial score (nSPS) is 11.8. The molecule has 1 aromatic carbocycles. The number of ether oxygens (including phenoxy) is 1. The summed E-state index contributed by atoms with van der Waals surface area (Å²) in [4.78, 5) is 11.9. The summed E-state index contributed by atoms with van der Waals surface area (Å²) in [6.07, 6.45) is 5.44. The van der Waals surface area contributed by atoms with Crippen LogP contribution >= 0.6 is 7.60 Å². The highest BCUT2D eigenvalue weighted by Gasteiger charge is 2.22. The van der Waals surface area contributed by atoms with Gasteiger partial charge in [-0.2, -0.15) is 4.98 Å². The van der Waals surface area contributed by atoms with Gasteiger partial charge in [0.05, 0.1) is 24.9 Å². The summed E-state index contributed by atoms with van der Waals surface area (Å²) >= 11 is 0. The van der Waals surface area contributed by atoms with E-state index in [1.54, 1.807) is 0 Å². The molecule has 0 saturated carbocycles. The fourth-order valence-electron chi connectivity index (χ4n) is 3.30. The zero-order valence-corrected chi connectivity index (χ0v) is 19.1. The van der Waals surface area contributed by atoms with Gasteiger partial charge >= 0.3 is 7.60 Å². The van der Waals surface area contributed by atoms with E-state index in [0.29, 0.717) is 31.9 Å². The number of rotatable bonds is 14. The molecule has 0 unspecified atom stereocenters. The third kappa shape index (κ3) is 6.87. The van der Waals surface area contributed by atoms with Gasteiger partial charge in [-0.05, 0) is 50.9 Å². The average molecular weight is 446 g/mol. The number of fused-ring (bicyclic) bond motifs is 1. The number of H-pyrrole nitrogens is 1. The van der Waals surface area contributed by atoms with Crippen LogP contribution in [0.1, 0.15) is 31.4 Å². The molecule has 0 bridgehead atoms. The fraction of sp³-hybridized carbons (Fsp3) is 0.455. The third-order valence-corrected chi connectivity index (χ3v) is 6.90. The summed E-state index contributed by atoms with van der Waals surface area (Å²) in [6, 6.07) is 9.99. The van der Waals surface area contributed by atoms with Crippen LogP contribution in [0.2, 0.25) is 0 Å². The molecule has 0 spiro atoms. The first-order valence-electron chi connectivity index (χ1n) is 10.7. The summed E-state index contributed by atoms with van der Waals surface area (Å²) in [5, 5.41) is 3.39. The molecule has 2 heterocycles. The monoisotopic (exact) mass is 446 g/mol. The van der Waals surface area contributed by atoms with Crippen LogP contribution in [0.4, 0.5) is 0 Å². The van der Waals surface area contributed by atoms with Crippen molar-refractivity contribution >= 4 is 18.6 Å². The Kier molecular flexibility index (Phi) is 9.03. The van der Waals surface area contributed by atoms with Gasteiger partial charge in [-0.25, -0.2) is 4.98 Å². The molecule has 168 valence electrons. The Balaban J connectivity index is 1.47. The summed E-state index contributed by atoms with van der Waals surface area (Å²) in [5.41, 5.74) is 3.87. The molecule has 0 saturated heterocycles. The maximum atomic E-state index is 12.5. The number of aromatic amines is 1. The maximum absolute atomic E-state index is 12.5. The van der Waals surface area contributed by atoms with Gasteiger partial charge in [0.1, 0.15) is 18.5 Å². The summed E-state index contributed by atoms with van der Waals surface area (Å²) < 4.78 is 29.0. The zero-order chi connectivity index (χ0) is 21.9. The van der Waals surface area contributed by atoms with Crippen molar-refractivity contribution in [2.75, 3.05) is 32.5 Å². The van der Waals surface area contributed by atoms with Crippen molar-refractivity contribution in [2.45, 2.75) is 33.3 Å². The van der Waals surface area contributed by atoms with E-state index in [2.05, 4.69) is 20.3 Å². The highest BCUT2D eigenvalue weighted by Crippen LogP contribution is 2.48. The highest BCUT2D eigenvalue weighted by atomic mass is 31.2. The van der Waals surface area contributed by atoms with Crippen LogP contribution < -0.4 is 10.1 Å².